The molecule has 0 aliphatic carbocycles. The van der Waals surface area contributed by atoms with Gasteiger partial charge in [0.2, 0.25) is 5.89 Å². The highest BCUT2D eigenvalue weighted by molar-refractivity contribution is 5.16. The molecule has 1 aromatic rings. The topological polar surface area (TPSA) is 66.2 Å². The zero-order chi connectivity index (χ0) is 15.1. The maximum Gasteiger partial charge on any atom is 0.315 e. The predicted molar refractivity (Wildman–Crippen MR) is 84.2 cm³/mol. The van der Waals surface area contributed by atoms with Crippen molar-refractivity contribution in [2.24, 2.45) is 5.92 Å². The van der Waals surface area contributed by atoms with Gasteiger partial charge in [0.15, 0.2) is 0 Å². The number of rotatable bonds is 8. The molecule has 120 valence electrons. The third-order valence-corrected chi connectivity index (χ3v) is 3.90. The van der Waals surface area contributed by atoms with Crippen LogP contribution < -0.4 is 10.6 Å². The number of aromatic nitrogens is 2. The van der Waals surface area contributed by atoms with Gasteiger partial charge in [-0.3, -0.25) is 0 Å². The van der Waals surface area contributed by atoms with Gasteiger partial charge < -0.3 is 20.0 Å². The van der Waals surface area contributed by atoms with Crippen LogP contribution in [-0.4, -0.2) is 47.8 Å². The normalized spacial score (nSPS) is 20.1. The first-order valence-electron chi connectivity index (χ1n) is 8.14. The maximum absolute atomic E-state index is 5.50. The Morgan fingerprint density at radius 3 is 2.95 bits per heavy atom. The van der Waals surface area contributed by atoms with E-state index >= 15 is 0 Å². The first-order valence-corrected chi connectivity index (χ1v) is 8.14. The summed E-state index contributed by atoms with van der Waals surface area (Å²) in [6.45, 7) is 8.55. The average molecular weight is 295 g/mol. The molecule has 1 aliphatic heterocycles. The van der Waals surface area contributed by atoms with Crippen molar-refractivity contribution < 1.29 is 4.42 Å². The van der Waals surface area contributed by atoms with E-state index in [1.807, 2.05) is 7.05 Å². The van der Waals surface area contributed by atoms with Crippen molar-refractivity contribution in [1.29, 1.82) is 0 Å². The van der Waals surface area contributed by atoms with Gasteiger partial charge in [0.05, 0.1) is 6.54 Å². The Hall–Kier alpha value is -1.14. The number of anilines is 1. The lowest BCUT2D eigenvalue weighted by Crippen LogP contribution is -2.42. The van der Waals surface area contributed by atoms with E-state index in [0.29, 0.717) is 24.5 Å². The van der Waals surface area contributed by atoms with Crippen LogP contribution in [-0.2, 0) is 6.54 Å². The minimum atomic E-state index is 0.534. The summed E-state index contributed by atoms with van der Waals surface area (Å²) in [5.74, 6) is 1.36. The van der Waals surface area contributed by atoms with E-state index in [2.05, 4.69) is 39.6 Å². The highest BCUT2D eigenvalue weighted by Crippen LogP contribution is 2.21. The summed E-state index contributed by atoms with van der Waals surface area (Å²) in [7, 11) is 1.86. The van der Waals surface area contributed by atoms with Crippen LogP contribution in [0.15, 0.2) is 4.42 Å². The molecule has 1 saturated heterocycles. The highest BCUT2D eigenvalue weighted by atomic mass is 16.4. The number of piperidine rings is 1. The fourth-order valence-corrected chi connectivity index (χ4v) is 2.99. The second kappa shape index (κ2) is 8.34. The van der Waals surface area contributed by atoms with Gasteiger partial charge in [-0.25, -0.2) is 0 Å². The molecule has 1 aromatic heterocycles. The number of nitrogens with one attached hydrogen (secondary N) is 2. The van der Waals surface area contributed by atoms with E-state index in [0.717, 1.165) is 18.9 Å². The molecule has 0 amide bonds. The predicted octanol–water partition coefficient (Wildman–Crippen LogP) is 2.10. The first-order chi connectivity index (χ1) is 10.2. The molecule has 21 heavy (non-hydrogen) atoms. The Labute approximate surface area is 127 Å². The fraction of sp³-hybridized carbons (Fsp3) is 0.867. The molecule has 0 saturated carbocycles. The fourth-order valence-electron chi connectivity index (χ4n) is 2.99. The van der Waals surface area contributed by atoms with Crippen molar-refractivity contribution in [2.75, 3.05) is 32.0 Å². The average Bonchev–Trinajstić information content (AvgIpc) is 2.88. The number of likely N-dealkylation sites (tertiary alicyclic amines) is 1. The van der Waals surface area contributed by atoms with E-state index in [9.17, 15) is 0 Å². The number of hydrogen-bond acceptors (Lipinski definition) is 6. The van der Waals surface area contributed by atoms with E-state index < -0.39 is 0 Å². The van der Waals surface area contributed by atoms with Gasteiger partial charge in [-0.05, 0) is 38.8 Å². The molecule has 1 aliphatic rings. The van der Waals surface area contributed by atoms with Crippen LogP contribution in [0.25, 0.3) is 0 Å². The summed E-state index contributed by atoms with van der Waals surface area (Å²) in [6.07, 6.45) is 5.14. The van der Waals surface area contributed by atoms with Crippen molar-refractivity contribution >= 4 is 6.01 Å². The molecule has 6 nitrogen and oxygen atoms in total. The van der Waals surface area contributed by atoms with Crippen LogP contribution in [0.4, 0.5) is 6.01 Å². The summed E-state index contributed by atoms with van der Waals surface area (Å²) in [4.78, 5) is 2.65. The molecule has 2 rings (SSSR count). The Morgan fingerprint density at radius 1 is 1.33 bits per heavy atom. The lowest BCUT2D eigenvalue weighted by atomic mass is 9.98. The van der Waals surface area contributed by atoms with Crippen LogP contribution >= 0.6 is 0 Å². The minimum absolute atomic E-state index is 0.534. The maximum atomic E-state index is 5.50. The number of hydrogen-bond donors (Lipinski definition) is 2. The Bertz CT molecular complexity index is 407. The second-order valence-corrected chi connectivity index (χ2v) is 6.29. The molecular weight excluding hydrogens is 266 g/mol. The molecule has 2 N–H and O–H groups in total. The van der Waals surface area contributed by atoms with E-state index in [1.54, 1.807) is 0 Å². The molecule has 0 bridgehead atoms. The zero-order valence-corrected chi connectivity index (χ0v) is 13.6. The highest BCUT2D eigenvalue weighted by Gasteiger charge is 2.22. The standard InChI is InChI=1S/C15H29N5O/c1-12(2)11-20-9-5-4-6-13(20)7-8-17-15-19-18-14(21-15)10-16-3/h12-13,16H,4-11H2,1-3H3,(H,17,19). The van der Waals surface area contributed by atoms with Gasteiger partial charge in [0, 0.05) is 19.1 Å². The Kier molecular flexibility index (Phi) is 6.45. The van der Waals surface area contributed by atoms with Crippen LogP contribution in [0.1, 0.15) is 45.4 Å². The summed E-state index contributed by atoms with van der Waals surface area (Å²) in [5, 5.41) is 14.2. The first kappa shape index (κ1) is 16.2. The van der Waals surface area contributed by atoms with Gasteiger partial charge >= 0.3 is 6.01 Å². The minimum Gasteiger partial charge on any atom is -0.407 e. The lowest BCUT2D eigenvalue weighted by molar-refractivity contribution is 0.127. The van der Waals surface area contributed by atoms with E-state index in [4.69, 9.17) is 4.42 Å². The van der Waals surface area contributed by atoms with Crippen molar-refractivity contribution in [3.63, 3.8) is 0 Å². The van der Waals surface area contributed by atoms with Crippen molar-refractivity contribution in [2.45, 2.75) is 52.1 Å². The molecule has 1 unspecified atom stereocenters. The summed E-state index contributed by atoms with van der Waals surface area (Å²) in [5.41, 5.74) is 0. The molecule has 6 heteroatoms. The van der Waals surface area contributed by atoms with Crippen LogP contribution in [0, 0.1) is 5.92 Å². The van der Waals surface area contributed by atoms with E-state index in [1.165, 1.54) is 32.4 Å². The van der Waals surface area contributed by atoms with Gasteiger partial charge in [-0.15, -0.1) is 5.10 Å². The molecule has 1 atom stereocenters. The van der Waals surface area contributed by atoms with Gasteiger partial charge in [0.25, 0.3) is 0 Å². The summed E-state index contributed by atoms with van der Waals surface area (Å²) in [6, 6.07) is 1.22. The van der Waals surface area contributed by atoms with Crippen molar-refractivity contribution in [3.05, 3.63) is 5.89 Å². The van der Waals surface area contributed by atoms with Crippen LogP contribution in [0.5, 0.6) is 0 Å². The van der Waals surface area contributed by atoms with Gasteiger partial charge in [-0.1, -0.05) is 25.4 Å². The molecule has 2 heterocycles. The lowest BCUT2D eigenvalue weighted by Gasteiger charge is -2.36. The van der Waals surface area contributed by atoms with Gasteiger partial charge in [0.1, 0.15) is 0 Å². The molecule has 0 radical (unpaired) electrons. The van der Waals surface area contributed by atoms with Crippen molar-refractivity contribution in [1.82, 2.24) is 20.4 Å². The molecule has 0 aromatic carbocycles. The molecule has 0 spiro atoms. The van der Waals surface area contributed by atoms with Crippen LogP contribution in [0.2, 0.25) is 0 Å². The van der Waals surface area contributed by atoms with Crippen molar-refractivity contribution in [3.8, 4) is 0 Å². The quantitative estimate of drug-likeness (QED) is 0.765. The monoisotopic (exact) mass is 295 g/mol. The van der Waals surface area contributed by atoms with Crippen LogP contribution in [0.3, 0.4) is 0 Å². The molecule has 1 fully saturated rings. The Balaban J connectivity index is 1.75. The number of nitrogens with zero attached hydrogens (tertiary/aromatic N) is 3. The molecular formula is C15H29N5O. The zero-order valence-electron chi connectivity index (χ0n) is 13.6. The van der Waals surface area contributed by atoms with E-state index in [-0.39, 0.29) is 0 Å². The second-order valence-electron chi connectivity index (χ2n) is 6.29. The SMILES string of the molecule is CNCc1nnc(NCCC2CCCCN2CC(C)C)o1. The smallest absolute Gasteiger partial charge is 0.315 e. The largest absolute Gasteiger partial charge is 0.407 e. The third kappa shape index (κ3) is 5.28. The van der Waals surface area contributed by atoms with Gasteiger partial charge in [-0.2, -0.15) is 0 Å². The summed E-state index contributed by atoms with van der Waals surface area (Å²) < 4.78 is 5.50. The summed E-state index contributed by atoms with van der Waals surface area (Å²) >= 11 is 0. The Morgan fingerprint density at radius 2 is 2.19 bits per heavy atom. The third-order valence-electron chi connectivity index (χ3n) is 3.90.